The second kappa shape index (κ2) is 5.69. The van der Waals surface area contributed by atoms with E-state index < -0.39 is 0 Å². The molecule has 0 saturated carbocycles. The van der Waals surface area contributed by atoms with Crippen molar-refractivity contribution in [1.29, 1.82) is 0 Å². The van der Waals surface area contributed by atoms with Crippen molar-refractivity contribution >= 4 is 5.91 Å². The molecular formula is C14H21NO. The fourth-order valence-corrected chi connectivity index (χ4v) is 1.59. The van der Waals surface area contributed by atoms with Crippen molar-refractivity contribution < 1.29 is 4.79 Å². The lowest BCUT2D eigenvalue weighted by Gasteiger charge is -2.28. The smallest absolute Gasteiger partial charge is 0.224 e. The normalized spacial score (nSPS) is 11.2. The van der Waals surface area contributed by atoms with Gasteiger partial charge in [-0.25, -0.2) is 0 Å². The van der Waals surface area contributed by atoms with E-state index in [0.717, 1.165) is 18.4 Å². The number of rotatable bonds is 5. The third-order valence-electron chi connectivity index (χ3n) is 3.21. The summed E-state index contributed by atoms with van der Waals surface area (Å²) in [6, 6.07) is 9.84. The first kappa shape index (κ1) is 12.8. The maximum Gasteiger partial charge on any atom is 0.224 e. The maximum atomic E-state index is 11.8. The Morgan fingerprint density at radius 2 is 1.75 bits per heavy atom. The minimum Gasteiger partial charge on any atom is -0.351 e. The third kappa shape index (κ3) is 3.69. The van der Waals surface area contributed by atoms with Gasteiger partial charge in [-0.15, -0.1) is 0 Å². The van der Waals surface area contributed by atoms with Gasteiger partial charge in [0, 0.05) is 5.54 Å². The topological polar surface area (TPSA) is 29.1 Å². The molecule has 88 valence electrons. The van der Waals surface area contributed by atoms with Crippen LogP contribution in [0.25, 0.3) is 0 Å². The van der Waals surface area contributed by atoms with Gasteiger partial charge in [0.15, 0.2) is 0 Å². The molecule has 1 aromatic carbocycles. The van der Waals surface area contributed by atoms with Crippen LogP contribution in [0.1, 0.15) is 39.2 Å². The Hall–Kier alpha value is -1.31. The average molecular weight is 219 g/mol. The third-order valence-corrected chi connectivity index (χ3v) is 3.21. The summed E-state index contributed by atoms with van der Waals surface area (Å²) in [5.74, 6) is 0.109. The van der Waals surface area contributed by atoms with Crippen LogP contribution in [0.5, 0.6) is 0 Å². The van der Waals surface area contributed by atoms with Gasteiger partial charge in [0.25, 0.3) is 0 Å². The highest BCUT2D eigenvalue weighted by Gasteiger charge is 2.21. The number of amides is 1. The number of carbonyl (C=O) groups is 1. The fourth-order valence-electron chi connectivity index (χ4n) is 1.59. The summed E-state index contributed by atoms with van der Waals surface area (Å²) in [6.07, 6.45) is 2.39. The van der Waals surface area contributed by atoms with Gasteiger partial charge in [-0.2, -0.15) is 0 Å². The molecule has 0 fully saturated rings. The van der Waals surface area contributed by atoms with E-state index >= 15 is 0 Å². The summed E-state index contributed by atoms with van der Waals surface area (Å²) in [6.45, 7) is 6.30. The molecule has 1 rings (SSSR count). The second-order valence-corrected chi connectivity index (χ2v) is 4.48. The molecule has 2 nitrogen and oxygen atoms in total. The van der Waals surface area contributed by atoms with Gasteiger partial charge >= 0.3 is 0 Å². The van der Waals surface area contributed by atoms with Crippen molar-refractivity contribution in [2.75, 3.05) is 0 Å². The van der Waals surface area contributed by atoms with Gasteiger partial charge in [0.2, 0.25) is 5.91 Å². The van der Waals surface area contributed by atoms with Crippen LogP contribution in [0, 0.1) is 0 Å². The predicted molar refractivity (Wildman–Crippen MR) is 67.3 cm³/mol. The van der Waals surface area contributed by atoms with E-state index in [1.807, 2.05) is 30.3 Å². The molecule has 0 bridgehead atoms. The van der Waals surface area contributed by atoms with Crippen molar-refractivity contribution in [3.63, 3.8) is 0 Å². The van der Waals surface area contributed by atoms with Crippen LogP contribution < -0.4 is 5.32 Å². The molecule has 0 unspecified atom stereocenters. The lowest BCUT2D eigenvalue weighted by Crippen LogP contribution is -2.45. The molecular weight excluding hydrogens is 198 g/mol. The highest BCUT2D eigenvalue weighted by molar-refractivity contribution is 5.79. The summed E-state index contributed by atoms with van der Waals surface area (Å²) in [4.78, 5) is 11.8. The van der Waals surface area contributed by atoms with Gasteiger partial charge in [-0.1, -0.05) is 44.2 Å². The monoisotopic (exact) mass is 219 g/mol. The van der Waals surface area contributed by atoms with Crippen molar-refractivity contribution in [3.05, 3.63) is 35.9 Å². The predicted octanol–water partition coefficient (Wildman–Crippen LogP) is 2.92. The molecule has 0 atom stereocenters. The molecule has 0 aliphatic rings. The molecule has 0 heterocycles. The second-order valence-electron chi connectivity index (χ2n) is 4.48. The Morgan fingerprint density at radius 1 is 1.19 bits per heavy atom. The lowest BCUT2D eigenvalue weighted by molar-refractivity contribution is -0.122. The Morgan fingerprint density at radius 3 is 2.25 bits per heavy atom. The Balaban J connectivity index is 2.54. The van der Waals surface area contributed by atoms with Crippen LogP contribution in [0.2, 0.25) is 0 Å². The van der Waals surface area contributed by atoms with Gasteiger partial charge in [0.1, 0.15) is 0 Å². The van der Waals surface area contributed by atoms with Gasteiger partial charge in [-0.05, 0) is 25.3 Å². The highest BCUT2D eigenvalue weighted by atomic mass is 16.1. The van der Waals surface area contributed by atoms with Gasteiger partial charge in [-0.3, -0.25) is 4.79 Å². The standard InChI is InChI=1S/C14H21NO/c1-4-14(3,5-2)15-13(16)11-12-9-7-6-8-10-12/h6-10H,4-5,11H2,1-3H3,(H,15,16). The van der Waals surface area contributed by atoms with Gasteiger partial charge in [0.05, 0.1) is 6.42 Å². The molecule has 0 aromatic heterocycles. The van der Waals surface area contributed by atoms with E-state index in [1.54, 1.807) is 0 Å². The molecule has 1 aromatic rings. The summed E-state index contributed by atoms with van der Waals surface area (Å²) >= 11 is 0. The van der Waals surface area contributed by atoms with Crippen molar-refractivity contribution in [1.82, 2.24) is 5.32 Å². The summed E-state index contributed by atoms with van der Waals surface area (Å²) in [5, 5.41) is 3.10. The number of carbonyl (C=O) groups excluding carboxylic acids is 1. The van der Waals surface area contributed by atoms with Crippen molar-refractivity contribution in [3.8, 4) is 0 Å². The zero-order chi connectivity index (χ0) is 12.0. The molecule has 0 aliphatic heterocycles. The molecule has 16 heavy (non-hydrogen) atoms. The SMILES string of the molecule is CCC(C)(CC)NC(=O)Cc1ccccc1. The summed E-state index contributed by atoms with van der Waals surface area (Å²) in [5.41, 5.74) is 1.00. The lowest BCUT2D eigenvalue weighted by atomic mass is 9.95. The van der Waals surface area contributed by atoms with Crippen LogP contribution in [-0.4, -0.2) is 11.4 Å². The zero-order valence-electron chi connectivity index (χ0n) is 10.4. The van der Waals surface area contributed by atoms with E-state index in [9.17, 15) is 4.79 Å². The minimum absolute atomic E-state index is 0.0636. The fraction of sp³-hybridized carbons (Fsp3) is 0.500. The quantitative estimate of drug-likeness (QED) is 0.810. The Labute approximate surface area is 98.1 Å². The number of hydrogen-bond donors (Lipinski definition) is 1. The first-order chi connectivity index (χ1) is 7.59. The largest absolute Gasteiger partial charge is 0.351 e. The average Bonchev–Trinajstić information content (AvgIpc) is 2.30. The number of hydrogen-bond acceptors (Lipinski definition) is 1. The van der Waals surface area contributed by atoms with E-state index in [0.29, 0.717) is 6.42 Å². The first-order valence-corrected chi connectivity index (χ1v) is 5.94. The van der Waals surface area contributed by atoms with Crippen LogP contribution >= 0.6 is 0 Å². The Kier molecular flexibility index (Phi) is 4.53. The van der Waals surface area contributed by atoms with Crippen molar-refractivity contribution in [2.45, 2.75) is 45.6 Å². The van der Waals surface area contributed by atoms with Gasteiger partial charge < -0.3 is 5.32 Å². The van der Waals surface area contributed by atoms with Crippen molar-refractivity contribution in [2.24, 2.45) is 0 Å². The van der Waals surface area contributed by atoms with E-state index in [1.165, 1.54) is 0 Å². The molecule has 0 radical (unpaired) electrons. The molecule has 0 saturated heterocycles. The summed E-state index contributed by atoms with van der Waals surface area (Å²) in [7, 11) is 0. The Bertz CT molecular complexity index is 328. The van der Waals surface area contributed by atoms with Crippen LogP contribution in [0.15, 0.2) is 30.3 Å². The van der Waals surface area contributed by atoms with E-state index in [4.69, 9.17) is 0 Å². The van der Waals surface area contributed by atoms with Crippen LogP contribution in [0.3, 0.4) is 0 Å². The maximum absolute atomic E-state index is 11.8. The molecule has 0 spiro atoms. The first-order valence-electron chi connectivity index (χ1n) is 5.94. The highest BCUT2D eigenvalue weighted by Crippen LogP contribution is 2.13. The van der Waals surface area contributed by atoms with E-state index in [-0.39, 0.29) is 11.4 Å². The molecule has 0 aliphatic carbocycles. The van der Waals surface area contributed by atoms with Crippen LogP contribution in [-0.2, 0) is 11.2 Å². The summed E-state index contributed by atoms with van der Waals surface area (Å²) < 4.78 is 0. The molecule has 2 heteroatoms. The minimum atomic E-state index is -0.0636. The molecule has 1 N–H and O–H groups in total. The van der Waals surface area contributed by atoms with E-state index in [2.05, 4.69) is 26.1 Å². The molecule has 1 amide bonds. The zero-order valence-corrected chi connectivity index (χ0v) is 10.4. The van der Waals surface area contributed by atoms with Crippen LogP contribution in [0.4, 0.5) is 0 Å². The number of nitrogens with one attached hydrogen (secondary N) is 1. The number of benzene rings is 1.